The van der Waals surface area contributed by atoms with Gasteiger partial charge in [-0.05, 0) is 31.2 Å². The lowest BCUT2D eigenvalue weighted by atomic mass is 10.2. The summed E-state index contributed by atoms with van der Waals surface area (Å²) in [4.78, 5) is 12.4. The highest BCUT2D eigenvalue weighted by Gasteiger charge is 2.38. The van der Waals surface area contributed by atoms with Crippen molar-refractivity contribution in [3.05, 3.63) is 65.1 Å². The van der Waals surface area contributed by atoms with Crippen LogP contribution >= 0.6 is 23.4 Å². The Hall–Kier alpha value is -2.12. The minimum atomic E-state index is -4.65. The molecule has 0 saturated heterocycles. The first-order valence-electron chi connectivity index (χ1n) is 7.14. The molecule has 0 fully saturated rings. The van der Waals surface area contributed by atoms with Crippen molar-refractivity contribution in [2.75, 3.05) is 0 Å². The number of hydrogen-bond donors (Lipinski definition) is 0. The third kappa shape index (κ3) is 4.11. The number of hydrogen-bond acceptors (Lipinski definition) is 4. The Morgan fingerprint density at radius 2 is 1.60 bits per heavy atom. The van der Waals surface area contributed by atoms with Crippen molar-refractivity contribution < 1.29 is 13.2 Å². The van der Waals surface area contributed by atoms with E-state index in [-0.39, 0.29) is 10.9 Å². The van der Waals surface area contributed by atoms with Gasteiger partial charge in [-0.3, -0.25) is 4.98 Å². The smallest absolute Gasteiger partial charge is 0.265 e. The predicted octanol–water partition coefficient (Wildman–Crippen LogP) is 5.67. The molecule has 128 valence electrons. The van der Waals surface area contributed by atoms with Crippen LogP contribution in [0, 0.1) is 6.92 Å². The van der Waals surface area contributed by atoms with Gasteiger partial charge in [-0.2, -0.15) is 13.2 Å². The molecule has 0 aliphatic heterocycles. The monoisotopic (exact) mass is 381 g/mol. The van der Waals surface area contributed by atoms with Crippen molar-refractivity contribution in [1.82, 2.24) is 15.0 Å². The minimum Gasteiger partial charge on any atom is -0.265 e. The van der Waals surface area contributed by atoms with E-state index in [1.165, 1.54) is 12.4 Å². The molecule has 0 bridgehead atoms. The number of alkyl halides is 3. The normalized spacial score (nSPS) is 11.6. The lowest BCUT2D eigenvalue weighted by molar-refractivity contribution is -0.140. The highest BCUT2D eigenvalue weighted by molar-refractivity contribution is 7.99. The second-order valence-corrected chi connectivity index (χ2v) is 6.59. The van der Waals surface area contributed by atoms with Gasteiger partial charge in [-0.1, -0.05) is 41.1 Å². The van der Waals surface area contributed by atoms with Crippen molar-refractivity contribution in [2.24, 2.45) is 0 Å². The summed E-state index contributed by atoms with van der Waals surface area (Å²) in [6.07, 6.45) is -1.63. The van der Waals surface area contributed by atoms with Gasteiger partial charge in [-0.15, -0.1) is 0 Å². The van der Waals surface area contributed by atoms with Crippen LogP contribution in [0.15, 0.2) is 58.7 Å². The van der Waals surface area contributed by atoms with Crippen molar-refractivity contribution in [1.29, 1.82) is 0 Å². The topological polar surface area (TPSA) is 38.7 Å². The van der Waals surface area contributed by atoms with Gasteiger partial charge in [0.15, 0.2) is 5.82 Å². The zero-order chi connectivity index (χ0) is 18.0. The average molecular weight is 382 g/mol. The molecule has 8 heteroatoms. The van der Waals surface area contributed by atoms with Crippen LogP contribution in [0.25, 0.3) is 11.4 Å². The number of nitrogens with zero attached hydrogens (tertiary/aromatic N) is 3. The van der Waals surface area contributed by atoms with Crippen LogP contribution in [0.2, 0.25) is 5.15 Å². The Morgan fingerprint density at radius 1 is 0.960 bits per heavy atom. The summed E-state index contributed by atoms with van der Waals surface area (Å²) in [6.45, 7) is 1.90. The fourth-order valence-corrected chi connectivity index (χ4v) is 3.35. The number of benzene rings is 1. The molecule has 1 aromatic carbocycles. The van der Waals surface area contributed by atoms with Crippen molar-refractivity contribution >= 4 is 23.4 Å². The largest absolute Gasteiger partial charge is 0.421 e. The van der Waals surface area contributed by atoms with Gasteiger partial charge in [0.2, 0.25) is 0 Å². The third-order valence-corrected chi connectivity index (χ3v) is 4.56. The summed E-state index contributed by atoms with van der Waals surface area (Å²) in [7, 11) is 0. The van der Waals surface area contributed by atoms with Crippen molar-refractivity contribution in [3.8, 4) is 11.4 Å². The highest BCUT2D eigenvalue weighted by Crippen LogP contribution is 2.42. The molecule has 0 atom stereocenters. The van der Waals surface area contributed by atoms with Gasteiger partial charge in [0.1, 0.15) is 15.7 Å². The maximum atomic E-state index is 13.4. The Labute approximate surface area is 151 Å². The molecule has 0 spiro atoms. The van der Waals surface area contributed by atoms with Gasteiger partial charge in [0.25, 0.3) is 0 Å². The Morgan fingerprint density at radius 3 is 2.20 bits per heavy atom. The zero-order valence-corrected chi connectivity index (χ0v) is 14.5. The first-order chi connectivity index (χ1) is 11.8. The molecule has 3 rings (SSSR count). The lowest BCUT2D eigenvalue weighted by Crippen LogP contribution is -2.11. The number of pyridine rings is 1. The van der Waals surface area contributed by atoms with Crippen molar-refractivity contribution in [3.63, 3.8) is 0 Å². The molecule has 0 aliphatic carbocycles. The first-order valence-corrected chi connectivity index (χ1v) is 8.33. The van der Waals surface area contributed by atoms with Gasteiger partial charge in [0, 0.05) is 22.9 Å². The average Bonchev–Trinajstić information content (AvgIpc) is 2.56. The molecule has 2 heterocycles. The van der Waals surface area contributed by atoms with E-state index in [0.29, 0.717) is 10.5 Å². The summed E-state index contributed by atoms with van der Waals surface area (Å²) < 4.78 is 40.3. The van der Waals surface area contributed by atoms with E-state index in [1.807, 2.05) is 19.1 Å². The molecule has 2 aromatic heterocycles. The summed E-state index contributed by atoms with van der Waals surface area (Å²) in [5, 5.41) is -0.855. The van der Waals surface area contributed by atoms with E-state index >= 15 is 0 Å². The van der Waals surface area contributed by atoms with Gasteiger partial charge in [0.05, 0.1) is 0 Å². The summed E-state index contributed by atoms with van der Waals surface area (Å²) in [5.41, 5.74) is 0.521. The highest BCUT2D eigenvalue weighted by atomic mass is 35.5. The molecule has 0 saturated carbocycles. The van der Waals surface area contributed by atoms with E-state index in [0.717, 1.165) is 17.3 Å². The number of halogens is 4. The Bertz CT molecular complexity index is 884. The van der Waals surface area contributed by atoms with Crippen LogP contribution < -0.4 is 0 Å². The van der Waals surface area contributed by atoms with E-state index in [1.54, 1.807) is 24.3 Å². The number of aryl methyl sites for hydroxylation is 1. The van der Waals surface area contributed by atoms with Gasteiger partial charge >= 0.3 is 6.18 Å². The maximum absolute atomic E-state index is 13.4. The molecular weight excluding hydrogens is 371 g/mol. The summed E-state index contributed by atoms with van der Waals surface area (Å²) in [6, 6.07) is 10.3. The number of rotatable bonds is 3. The van der Waals surface area contributed by atoms with E-state index in [2.05, 4.69) is 15.0 Å². The standard InChI is InChI=1S/C17H11ClF3N3S/c1-10-2-4-12(5-3-10)25-16-13(17(19,20)21)14(18)23-15(24-16)11-6-8-22-9-7-11/h2-9H,1H3. The zero-order valence-electron chi connectivity index (χ0n) is 12.9. The molecule has 0 aliphatic rings. The molecular formula is C17H11ClF3N3S. The first kappa shape index (κ1) is 17.7. The van der Waals surface area contributed by atoms with E-state index in [4.69, 9.17) is 11.6 Å². The Kier molecular flexibility index (Phi) is 4.96. The van der Waals surface area contributed by atoms with Crippen LogP contribution in [0.5, 0.6) is 0 Å². The van der Waals surface area contributed by atoms with Crippen LogP contribution in [0.4, 0.5) is 13.2 Å². The predicted molar refractivity (Wildman–Crippen MR) is 90.6 cm³/mol. The number of aromatic nitrogens is 3. The molecule has 3 nitrogen and oxygen atoms in total. The quantitative estimate of drug-likeness (QED) is 0.548. The molecule has 3 aromatic rings. The lowest BCUT2D eigenvalue weighted by Gasteiger charge is -2.14. The van der Waals surface area contributed by atoms with E-state index < -0.39 is 16.9 Å². The van der Waals surface area contributed by atoms with Crippen LogP contribution in [-0.4, -0.2) is 15.0 Å². The fraction of sp³-hybridized carbons (Fsp3) is 0.118. The van der Waals surface area contributed by atoms with Gasteiger partial charge in [-0.25, -0.2) is 9.97 Å². The molecule has 0 N–H and O–H groups in total. The van der Waals surface area contributed by atoms with Crippen molar-refractivity contribution in [2.45, 2.75) is 23.0 Å². The summed E-state index contributed by atoms with van der Waals surface area (Å²) >= 11 is 6.76. The molecule has 25 heavy (non-hydrogen) atoms. The molecule has 0 unspecified atom stereocenters. The summed E-state index contributed by atoms with van der Waals surface area (Å²) in [5.74, 6) is 0.120. The third-order valence-electron chi connectivity index (χ3n) is 3.29. The fourth-order valence-electron chi connectivity index (χ4n) is 2.07. The second kappa shape index (κ2) is 7.01. The van der Waals surface area contributed by atoms with Crippen LogP contribution in [0.1, 0.15) is 11.1 Å². The maximum Gasteiger partial charge on any atom is 0.421 e. The Balaban J connectivity index is 2.12. The van der Waals surface area contributed by atoms with Crippen LogP contribution in [-0.2, 0) is 6.18 Å². The van der Waals surface area contributed by atoms with E-state index in [9.17, 15) is 13.2 Å². The van der Waals surface area contributed by atoms with Gasteiger partial charge < -0.3 is 0 Å². The second-order valence-electron chi connectivity index (χ2n) is 5.17. The molecule has 0 amide bonds. The molecule has 0 radical (unpaired) electrons. The SMILES string of the molecule is Cc1ccc(Sc2nc(-c3ccncc3)nc(Cl)c2C(F)(F)F)cc1. The van der Waals surface area contributed by atoms with Crippen LogP contribution in [0.3, 0.4) is 0 Å². The minimum absolute atomic E-state index is 0.120.